The number of allylic oxidation sites excluding steroid dienone is 1. The number of ether oxygens (including phenoxy) is 1. The minimum atomic E-state index is -0.517. The van der Waals surface area contributed by atoms with Gasteiger partial charge in [0.15, 0.2) is 5.57 Å². The molecule has 0 atom stereocenters. The summed E-state index contributed by atoms with van der Waals surface area (Å²) in [5.74, 6) is -0.517. The number of thiazole rings is 1. The van der Waals surface area contributed by atoms with E-state index < -0.39 is 5.91 Å². The van der Waals surface area contributed by atoms with E-state index in [4.69, 9.17) is 4.74 Å². The van der Waals surface area contributed by atoms with Crippen molar-refractivity contribution in [3.8, 4) is 6.07 Å². The number of nitriles is 1. The minimum absolute atomic E-state index is 0.1000. The van der Waals surface area contributed by atoms with Gasteiger partial charge in [-0.25, -0.2) is 0 Å². The second kappa shape index (κ2) is 10.2. The molecule has 1 N–H and O–H groups in total. The fourth-order valence-electron chi connectivity index (χ4n) is 2.30. The van der Waals surface area contributed by atoms with Crippen molar-refractivity contribution in [3.63, 3.8) is 0 Å². The number of aromatic nitrogens is 2. The fourth-order valence-corrected chi connectivity index (χ4v) is 3.39. The average molecular weight is 384 g/mol. The quantitative estimate of drug-likeness (QED) is 0.516. The summed E-state index contributed by atoms with van der Waals surface area (Å²) >= 11 is 1.09. The van der Waals surface area contributed by atoms with Crippen LogP contribution in [0, 0.1) is 11.3 Å². The van der Waals surface area contributed by atoms with Gasteiger partial charge in [-0.05, 0) is 24.6 Å². The second-order valence-electron chi connectivity index (χ2n) is 5.46. The number of methoxy groups -OCH3 is 1. The predicted molar refractivity (Wildman–Crippen MR) is 104 cm³/mol. The molecule has 1 amide bonds. The minimum Gasteiger partial charge on any atom is -0.385 e. The van der Waals surface area contributed by atoms with Crippen LogP contribution in [0.3, 0.4) is 0 Å². The number of nitrogens with zero attached hydrogens (tertiary/aromatic N) is 3. The standard InChI is InChI=1S/C19H20N4O3S/c1-3-10-23-18(25)16(12-14-7-4-5-8-21-14)27-19(23)15(13-20)17(24)22-9-6-11-26-2/h3-5,7-8,12H,1,6,9-11H2,2H3,(H,22,24)/b16-12+,19-15+. The van der Waals surface area contributed by atoms with Gasteiger partial charge in [-0.15, -0.1) is 17.9 Å². The van der Waals surface area contributed by atoms with Gasteiger partial charge in [0, 0.05) is 33.0 Å². The largest absolute Gasteiger partial charge is 0.385 e. The van der Waals surface area contributed by atoms with Crippen molar-refractivity contribution < 1.29 is 9.53 Å². The van der Waals surface area contributed by atoms with Gasteiger partial charge in [0.1, 0.15) is 10.7 Å². The van der Waals surface area contributed by atoms with E-state index in [0.29, 0.717) is 34.5 Å². The molecule has 2 rings (SSSR count). The van der Waals surface area contributed by atoms with Crippen LogP contribution in [-0.4, -0.2) is 35.7 Å². The normalized spacial score (nSPS) is 12.4. The number of hydrogen-bond acceptors (Lipinski definition) is 6. The number of rotatable bonds is 8. The molecule has 2 heterocycles. The van der Waals surface area contributed by atoms with Gasteiger partial charge in [-0.1, -0.05) is 12.1 Å². The van der Waals surface area contributed by atoms with Gasteiger partial charge >= 0.3 is 0 Å². The Morgan fingerprint density at radius 1 is 1.52 bits per heavy atom. The topological polar surface area (TPSA) is 97.0 Å². The summed E-state index contributed by atoms with van der Waals surface area (Å²) in [4.78, 5) is 29.3. The van der Waals surface area contributed by atoms with E-state index in [0.717, 1.165) is 11.3 Å². The number of nitrogens with one attached hydrogen (secondary N) is 1. The van der Waals surface area contributed by atoms with Gasteiger partial charge < -0.3 is 10.1 Å². The highest BCUT2D eigenvalue weighted by atomic mass is 32.1. The SMILES string of the molecule is C=CCn1c(=O)/c(=C\c2ccccn2)s/c1=C(\C#N)C(=O)NCCCOC. The van der Waals surface area contributed by atoms with Crippen molar-refractivity contribution in [2.24, 2.45) is 0 Å². The van der Waals surface area contributed by atoms with Crippen LogP contribution in [-0.2, 0) is 16.1 Å². The maximum Gasteiger partial charge on any atom is 0.269 e. The Bertz CT molecular complexity index is 1020. The van der Waals surface area contributed by atoms with Crippen LogP contribution in [0.1, 0.15) is 12.1 Å². The number of carbonyl (C=O) groups excluding carboxylic acids is 1. The van der Waals surface area contributed by atoms with E-state index in [1.54, 1.807) is 37.6 Å². The molecular weight excluding hydrogens is 364 g/mol. The lowest BCUT2D eigenvalue weighted by atomic mass is 10.3. The molecule has 27 heavy (non-hydrogen) atoms. The van der Waals surface area contributed by atoms with Gasteiger partial charge in [0.25, 0.3) is 11.5 Å². The summed E-state index contributed by atoms with van der Waals surface area (Å²) in [6.45, 7) is 4.73. The number of pyridine rings is 1. The third kappa shape index (κ3) is 5.23. The Morgan fingerprint density at radius 3 is 2.96 bits per heavy atom. The molecule has 2 aromatic rings. The molecule has 0 aliphatic carbocycles. The summed E-state index contributed by atoms with van der Waals surface area (Å²) in [7, 11) is 1.58. The molecule has 0 aromatic carbocycles. The van der Waals surface area contributed by atoms with Crippen LogP contribution in [0.25, 0.3) is 11.6 Å². The van der Waals surface area contributed by atoms with E-state index >= 15 is 0 Å². The van der Waals surface area contributed by atoms with E-state index in [9.17, 15) is 14.9 Å². The van der Waals surface area contributed by atoms with Gasteiger partial charge in [-0.2, -0.15) is 5.26 Å². The van der Waals surface area contributed by atoms with E-state index in [2.05, 4.69) is 16.9 Å². The average Bonchev–Trinajstić information content (AvgIpc) is 2.97. The van der Waals surface area contributed by atoms with E-state index in [1.807, 2.05) is 12.1 Å². The number of carbonyl (C=O) groups is 1. The lowest BCUT2D eigenvalue weighted by Gasteiger charge is -2.04. The molecule has 0 fully saturated rings. The monoisotopic (exact) mass is 384 g/mol. The molecule has 0 saturated heterocycles. The molecule has 2 aromatic heterocycles. The van der Waals surface area contributed by atoms with E-state index in [1.165, 1.54) is 4.57 Å². The molecule has 0 radical (unpaired) electrons. The van der Waals surface area contributed by atoms with Crippen LogP contribution in [0.5, 0.6) is 0 Å². The highest BCUT2D eigenvalue weighted by molar-refractivity contribution is 7.07. The van der Waals surface area contributed by atoms with Gasteiger partial charge in [0.05, 0.1) is 10.2 Å². The zero-order valence-corrected chi connectivity index (χ0v) is 15.8. The maximum atomic E-state index is 12.7. The molecular formula is C19H20N4O3S. The van der Waals surface area contributed by atoms with Crippen molar-refractivity contribution >= 4 is 28.9 Å². The Labute approximate surface area is 160 Å². The first kappa shape index (κ1) is 20.3. The zero-order chi connectivity index (χ0) is 19.6. The molecule has 140 valence electrons. The summed E-state index contributed by atoms with van der Waals surface area (Å²) < 4.78 is 7.00. The Hall–Kier alpha value is -3.02. The van der Waals surface area contributed by atoms with E-state index in [-0.39, 0.29) is 17.7 Å². The summed E-state index contributed by atoms with van der Waals surface area (Å²) in [5, 5.41) is 12.2. The highest BCUT2D eigenvalue weighted by Gasteiger charge is 2.15. The molecule has 0 bridgehead atoms. The van der Waals surface area contributed by atoms with Crippen molar-refractivity contribution in [2.75, 3.05) is 20.3 Å². The second-order valence-corrected chi connectivity index (χ2v) is 6.49. The lowest BCUT2D eigenvalue weighted by Crippen LogP contribution is -2.35. The highest BCUT2D eigenvalue weighted by Crippen LogP contribution is 1.96. The Kier molecular flexibility index (Phi) is 7.67. The van der Waals surface area contributed by atoms with Crippen molar-refractivity contribution in [2.45, 2.75) is 13.0 Å². The van der Waals surface area contributed by atoms with Crippen LogP contribution in [0.15, 0.2) is 41.8 Å². The van der Waals surface area contributed by atoms with Crippen molar-refractivity contribution in [1.29, 1.82) is 5.26 Å². The summed E-state index contributed by atoms with van der Waals surface area (Å²) in [6.07, 6.45) is 5.45. The van der Waals surface area contributed by atoms with Crippen molar-refractivity contribution in [1.82, 2.24) is 14.9 Å². The number of amides is 1. The Balaban J connectivity index is 2.55. The van der Waals surface area contributed by atoms with Crippen LogP contribution in [0.4, 0.5) is 0 Å². The molecule has 8 heteroatoms. The zero-order valence-electron chi connectivity index (χ0n) is 15.0. The third-order valence-corrected chi connectivity index (χ3v) is 4.68. The first-order valence-electron chi connectivity index (χ1n) is 8.27. The van der Waals surface area contributed by atoms with Gasteiger partial charge in [0.2, 0.25) is 0 Å². The van der Waals surface area contributed by atoms with Crippen LogP contribution in [0.2, 0.25) is 0 Å². The first-order valence-corrected chi connectivity index (χ1v) is 9.08. The smallest absolute Gasteiger partial charge is 0.269 e. The van der Waals surface area contributed by atoms with Gasteiger partial charge in [-0.3, -0.25) is 19.1 Å². The molecule has 0 saturated carbocycles. The van der Waals surface area contributed by atoms with Crippen molar-refractivity contribution in [3.05, 3.63) is 62.3 Å². The van der Waals surface area contributed by atoms with Crippen LogP contribution >= 0.6 is 11.3 Å². The molecule has 7 nitrogen and oxygen atoms in total. The third-order valence-electron chi connectivity index (χ3n) is 3.55. The number of hydrogen-bond donors (Lipinski definition) is 1. The Morgan fingerprint density at radius 2 is 2.33 bits per heavy atom. The summed E-state index contributed by atoms with van der Waals surface area (Å²) in [5.41, 5.74) is 0.230. The molecule has 0 aliphatic heterocycles. The maximum absolute atomic E-state index is 12.7. The predicted octanol–water partition coefficient (Wildman–Crippen LogP) is 0.147. The molecule has 0 spiro atoms. The van der Waals surface area contributed by atoms with Crippen LogP contribution < -0.4 is 20.1 Å². The first-order chi connectivity index (χ1) is 13.1. The lowest BCUT2D eigenvalue weighted by molar-refractivity contribution is -0.115. The molecule has 0 unspecified atom stereocenters. The summed E-state index contributed by atoms with van der Waals surface area (Å²) in [6, 6.07) is 7.29. The molecule has 0 aliphatic rings. The fraction of sp³-hybridized carbons (Fsp3) is 0.263.